The fourth-order valence-corrected chi connectivity index (χ4v) is 1.83. The number of fused-ring (bicyclic) bond motifs is 1. The zero-order chi connectivity index (χ0) is 7.14. The van der Waals surface area contributed by atoms with Crippen molar-refractivity contribution in [1.29, 1.82) is 0 Å². The second-order valence-corrected chi connectivity index (χ2v) is 3.07. The van der Waals surface area contributed by atoms with Crippen molar-refractivity contribution in [3.8, 4) is 0 Å². The first kappa shape index (κ1) is 6.13. The third-order valence-electron chi connectivity index (χ3n) is 2.38. The smallest absolute Gasteiger partial charge is 0.309 e. The number of ether oxygens (including phenoxy) is 1. The number of carbonyl (C=O) groups excluding carboxylic acids is 1. The lowest BCUT2D eigenvalue weighted by molar-refractivity contribution is -0.141. The Bertz CT molecular complexity index is 169. The Morgan fingerprint density at radius 3 is 3.00 bits per heavy atom. The van der Waals surface area contributed by atoms with Gasteiger partial charge in [-0.3, -0.25) is 4.79 Å². The van der Waals surface area contributed by atoms with Crippen LogP contribution in [0.1, 0.15) is 12.8 Å². The van der Waals surface area contributed by atoms with Crippen LogP contribution < -0.4 is 0 Å². The minimum atomic E-state index is -0.761. The molecule has 0 bridgehead atoms. The van der Waals surface area contributed by atoms with Crippen LogP contribution >= 0.6 is 0 Å². The van der Waals surface area contributed by atoms with E-state index in [1.54, 1.807) is 0 Å². The molecule has 3 atom stereocenters. The molecule has 2 fully saturated rings. The van der Waals surface area contributed by atoms with Gasteiger partial charge in [0.1, 0.15) is 6.17 Å². The van der Waals surface area contributed by atoms with Gasteiger partial charge < -0.3 is 4.74 Å². The topological polar surface area (TPSA) is 26.3 Å². The minimum absolute atomic E-state index is 0.116. The molecule has 2 nitrogen and oxygen atoms in total. The number of alkyl halides is 1. The van der Waals surface area contributed by atoms with Crippen molar-refractivity contribution in [3.05, 3.63) is 0 Å². The van der Waals surface area contributed by atoms with Gasteiger partial charge in [-0.1, -0.05) is 0 Å². The van der Waals surface area contributed by atoms with Gasteiger partial charge in [0.2, 0.25) is 0 Å². The van der Waals surface area contributed by atoms with Gasteiger partial charge in [-0.2, -0.15) is 0 Å². The minimum Gasteiger partial charge on any atom is -0.465 e. The Hall–Kier alpha value is -0.600. The number of hydrogen-bond donors (Lipinski definition) is 0. The molecule has 0 aromatic carbocycles. The highest BCUT2D eigenvalue weighted by atomic mass is 19.1. The van der Waals surface area contributed by atoms with Crippen LogP contribution in [0.2, 0.25) is 0 Å². The number of esters is 1. The highest BCUT2D eigenvalue weighted by molar-refractivity contribution is 5.75. The molecule has 3 unspecified atom stereocenters. The molecule has 0 spiro atoms. The number of cyclic esters (lactones) is 1. The standard InChI is InChI=1S/C7H9FO2/c8-5-1-4-3-10-7(9)6(4)2-5/h4-6H,1-3H2. The molecule has 0 aromatic rings. The molecule has 0 amide bonds. The van der Waals surface area contributed by atoms with E-state index in [2.05, 4.69) is 0 Å². The Balaban J connectivity index is 2.12. The van der Waals surface area contributed by atoms with E-state index < -0.39 is 6.17 Å². The number of halogens is 1. The van der Waals surface area contributed by atoms with Gasteiger partial charge in [0.05, 0.1) is 12.5 Å². The van der Waals surface area contributed by atoms with E-state index in [1.165, 1.54) is 0 Å². The summed E-state index contributed by atoms with van der Waals surface area (Å²) < 4.78 is 17.4. The molecule has 1 saturated heterocycles. The van der Waals surface area contributed by atoms with E-state index in [4.69, 9.17) is 4.74 Å². The van der Waals surface area contributed by atoms with Crippen molar-refractivity contribution >= 4 is 5.97 Å². The Kier molecular flexibility index (Phi) is 1.19. The van der Waals surface area contributed by atoms with Crippen molar-refractivity contribution in [2.45, 2.75) is 19.0 Å². The molecule has 0 N–H and O–H groups in total. The Morgan fingerprint density at radius 1 is 1.50 bits per heavy atom. The van der Waals surface area contributed by atoms with Crippen molar-refractivity contribution in [3.63, 3.8) is 0 Å². The van der Waals surface area contributed by atoms with Crippen molar-refractivity contribution in [2.24, 2.45) is 11.8 Å². The van der Waals surface area contributed by atoms with Crippen LogP contribution in [0, 0.1) is 11.8 Å². The first-order valence-electron chi connectivity index (χ1n) is 3.58. The van der Waals surface area contributed by atoms with E-state index >= 15 is 0 Å². The maximum Gasteiger partial charge on any atom is 0.309 e. The molecule has 1 aliphatic carbocycles. The van der Waals surface area contributed by atoms with Crippen LogP contribution in [0.4, 0.5) is 4.39 Å². The predicted molar refractivity (Wildman–Crippen MR) is 32.1 cm³/mol. The first-order valence-corrected chi connectivity index (χ1v) is 3.58. The number of hydrogen-bond acceptors (Lipinski definition) is 2. The summed E-state index contributed by atoms with van der Waals surface area (Å²) in [4.78, 5) is 10.8. The average Bonchev–Trinajstić information content (AvgIpc) is 2.35. The second-order valence-electron chi connectivity index (χ2n) is 3.07. The molecular weight excluding hydrogens is 135 g/mol. The van der Waals surface area contributed by atoms with Gasteiger partial charge in [-0.15, -0.1) is 0 Å². The number of rotatable bonds is 0. The van der Waals surface area contributed by atoms with Crippen molar-refractivity contribution in [1.82, 2.24) is 0 Å². The van der Waals surface area contributed by atoms with Gasteiger partial charge in [-0.25, -0.2) is 4.39 Å². The maximum atomic E-state index is 12.6. The monoisotopic (exact) mass is 144 g/mol. The summed E-state index contributed by atoms with van der Waals surface area (Å²) in [5.41, 5.74) is 0. The summed E-state index contributed by atoms with van der Waals surface area (Å²) in [6.45, 7) is 0.448. The number of carbonyl (C=O) groups is 1. The fourth-order valence-electron chi connectivity index (χ4n) is 1.83. The Morgan fingerprint density at radius 2 is 2.30 bits per heavy atom. The summed E-state index contributed by atoms with van der Waals surface area (Å²) in [5, 5.41) is 0. The largest absolute Gasteiger partial charge is 0.465 e. The van der Waals surface area contributed by atoms with Crippen LogP contribution in [0.15, 0.2) is 0 Å². The lowest BCUT2D eigenvalue weighted by Crippen LogP contribution is -2.08. The van der Waals surface area contributed by atoms with E-state index in [1.807, 2.05) is 0 Å². The quantitative estimate of drug-likeness (QED) is 0.472. The van der Waals surface area contributed by atoms with Crippen LogP contribution in [0.5, 0.6) is 0 Å². The molecule has 0 aromatic heterocycles. The molecule has 2 aliphatic rings. The highest BCUT2D eigenvalue weighted by Gasteiger charge is 2.44. The van der Waals surface area contributed by atoms with E-state index in [0.717, 1.165) is 0 Å². The third-order valence-corrected chi connectivity index (χ3v) is 2.38. The predicted octanol–water partition coefficient (Wildman–Crippen LogP) is 0.907. The second kappa shape index (κ2) is 1.94. The van der Waals surface area contributed by atoms with Gasteiger partial charge >= 0.3 is 5.97 Å². The molecule has 10 heavy (non-hydrogen) atoms. The molecular formula is C7H9FO2. The molecule has 3 heteroatoms. The van der Waals surface area contributed by atoms with Crippen LogP contribution in [-0.2, 0) is 9.53 Å². The summed E-state index contributed by atoms with van der Waals surface area (Å²) in [6, 6.07) is 0. The zero-order valence-electron chi connectivity index (χ0n) is 5.55. The van der Waals surface area contributed by atoms with Crippen molar-refractivity contribution in [2.75, 3.05) is 6.61 Å². The van der Waals surface area contributed by atoms with Crippen LogP contribution in [0.25, 0.3) is 0 Å². The zero-order valence-corrected chi connectivity index (χ0v) is 5.55. The molecule has 0 radical (unpaired) electrons. The maximum absolute atomic E-state index is 12.6. The SMILES string of the molecule is O=C1OCC2CC(F)CC12. The summed E-state index contributed by atoms with van der Waals surface area (Å²) in [7, 11) is 0. The first-order chi connectivity index (χ1) is 4.77. The molecule has 1 saturated carbocycles. The molecule has 56 valence electrons. The lowest BCUT2D eigenvalue weighted by atomic mass is 10.0. The molecule has 2 rings (SSSR count). The summed E-state index contributed by atoms with van der Waals surface area (Å²) in [5.74, 6) is -0.123. The van der Waals surface area contributed by atoms with E-state index in [9.17, 15) is 9.18 Å². The van der Waals surface area contributed by atoms with Crippen LogP contribution in [0.3, 0.4) is 0 Å². The normalized spacial score (nSPS) is 45.3. The lowest BCUT2D eigenvalue weighted by Gasteiger charge is -1.97. The summed E-state index contributed by atoms with van der Waals surface area (Å²) >= 11 is 0. The van der Waals surface area contributed by atoms with E-state index in [0.29, 0.717) is 19.4 Å². The summed E-state index contributed by atoms with van der Waals surface area (Å²) in [6.07, 6.45) is 0.155. The fraction of sp³-hybridized carbons (Fsp3) is 0.857. The van der Waals surface area contributed by atoms with Gasteiger partial charge in [0, 0.05) is 5.92 Å². The molecule has 1 heterocycles. The van der Waals surface area contributed by atoms with Gasteiger partial charge in [-0.05, 0) is 12.8 Å². The highest BCUT2D eigenvalue weighted by Crippen LogP contribution is 2.38. The average molecular weight is 144 g/mol. The van der Waals surface area contributed by atoms with E-state index in [-0.39, 0.29) is 17.8 Å². The third kappa shape index (κ3) is 0.728. The molecule has 1 aliphatic heterocycles. The van der Waals surface area contributed by atoms with Gasteiger partial charge in [0.25, 0.3) is 0 Å². The Labute approximate surface area is 58.4 Å². The van der Waals surface area contributed by atoms with Crippen molar-refractivity contribution < 1.29 is 13.9 Å². The van der Waals surface area contributed by atoms with Gasteiger partial charge in [0.15, 0.2) is 0 Å². The van der Waals surface area contributed by atoms with Crippen LogP contribution in [-0.4, -0.2) is 18.7 Å².